The number of fused-ring (bicyclic) bond motifs is 3. The van der Waals surface area contributed by atoms with Crippen LogP contribution in [0.25, 0.3) is 21.6 Å². The second kappa shape index (κ2) is 14.2. The first-order chi connectivity index (χ1) is 25.2. The maximum absolute atomic E-state index is 14.3. The van der Waals surface area contributed by atoms with Crippen molar-refractivity contribution in [2.75, 3.05) is 20.7 Å². The Morgan fingerprint density at radius 3 is 2.58 bits per heavy atom. The highest BCUT2D eigenvalue weighted by molar-refractivity contribution is 7.91. The lowest BCUT2D eigenvalue weighted by atomic mass is 9.93. The highest BCUT2D eigenvalue weighted by atomic mass is 35.5. The van der Waals surface area contributed by atoms with Gasteiger partial charge < -0.3 is 19.7 Å². The van der Waals surface area contributed by atoms with E-state index in [2.05, 4.69) is 23.9 Å². The summed E-state index contributed by atoms with van der Waals surface area (Å²) in [4.78, 5) is 53.5. The third kappa shape index (κ3) is 7.14. The summed E-state index contributed by atoms with van der Waals surface area (Å²) in [6.45, 7) is 6.30. The number of methoxy groups -OCH3 is 1. The molecule has 0 radical (unpaired) electrons. The zero-order chi connectivity index (χ0) is 37.9. The molecule has 3 heterocycles. The first kappa shape index (κ1) is 37.6. The van der Waals surface area contributed by atoms with E-state index in [0.717, 1.165) is 25.0 Å². The molecular weight excluding hydrogens is 738 g/mol. The van der Waals surface area contributed by atoms with Gasteiger partial charge in [-0.15, -0.1) is 11.3 Å². The molecule has 3 aliphatic carbocycles. The van der Waals surface area contributed by atoms with Gasteiger partial charge in [-0.05, 0) is 76.3 Å². The molecule has 3 fully saturated rings. The van der Waals surface area contributed by atoms with Crippen molar-refractivity contribution in [2.45, 2.75) is 94.4 Å². The summed E-state index contributed by atoms with van der Waals surface area (Å²) in [6, 6.07) is 5.39. The Labute approximate surface area is 319 Å². The van der Waals surface area contributed by atoms with Gasteiger partial charge >= 0.3 is 0 Å². The van der Waals surface area contributed by atoms with Gasteiger partial charge in [0, 0.05) is 36.3 Å². The summed E-state index contributed by atoms with van der Waals surface area (Å²) in [5.74, 6) is -2.14. The second-order valence-electron chi connectivity index (χ2n) is 15.5. The van der Waals surface area contributed by atoms with E-state index < -0.39 is 50.1 Å². The monoisotopic (exact) mass is 783 g/mol. The molecule has 2 N–H and O–H groups in total. The largest absolute Gasteiger partial charge is 0.495 e. The van der Waals surface area contributed by atoms with Crippen molar-refractivity contribution >= 4 is 61.6 Å². The number of carbonyl (C=O) groups excluding carboxylic acids is 3. The Balaban J connectivity index is 1.21. The molecule has 3 amide bonds. The van der Waals surface area contributed by atoms with Crippen LogP contribution in [-0.2, 0) is 24.4 Å². The molecule has 3 saturated carbocycles. The van der Waals surface area contributed by atoms with Gasteiger partial charge in [-0.1, -0.05) is 37.6 Å². The number of carbonyl (C=O) groups is 3. The summed E-state index contributed by atoms with van der Waals surface area (Å²) in [5, 5.41) is 6.62. The van der Waals surface area contributed by atoms with Crippen molar-refractivity contribution < 1.29 is 32.3 Å². The Bertz CT molecular complexity index is 2100. The van der Waals surface area contributed by atoms with Crippen LogP contribution in [-0.4, -0.2) is 78.1 Å². The first-order valence-corrected chi connectivity index (χ1v) is 21.0. The van der Waals surface area contributed by atoms with Crippen molar-refractivity contribution in [3.63, 3.8) is 0 Å². The summed E-state index contributed by atoms with van der Waals surface area (Å²) < 4.78 is 39.7. The smallest absolute Gasteiger partial charge is 0.259 e. The van der Waals surface area contributed by atoms with Crippen molar-refractivity contribution in [2.24, 2.45) is 17.8 Å². The normalized spacial score (nSPS) is 27.1. The number of benzene rings is 1. The first-order valence-electron chi connectivity index (χ1n) is 18.3. The minimum Gasteiger partial charge on any atom is -0.495 e. The molecule has 15 heteroatoms. The molecule has 0 saturated heterocycles. The van der Waals surface area contributed by atoms with Gasteiger partial charge in [0.15, 0.2) is 0 Å². The van der Waals surface area contributed by atoms with E-state index in [-0.39, 0.29) is 37.0 Å². The summed E-state index contributed by atoms with van der Waals surface area (Å²) in [6.07, 6.45) is 7.33. The van der Waals surface area contributed by atoms with E-state index in [9.17, 15) is 22.8 Å². The lowest BCUT2D eigenvalue weighted by Crippen LogP contribution is -2.55. The molecule has 0 unspecified atom stereocenters. The molecule has 0 bridgehead atoms. The van der Waals surface area contributed by atoms with E-state index >= 15 is 0 Å². The number of thiazole rings is 1. The van der Waals surface area contributed by atoms with Crippen molar-refractivity contribution in [3.05, 3.63) is 46.4 Å². The topological polar surface area (TPSA) is 157 Å². The van der Waals surface area contributed by atoms with Crippen molar-refractivity contribution in [1.82, 2.24) is 24.9 Å². The van der Waals surface area contributed by atoms with Gasteiger partial charge in [0.2, 0.25) is 21.8 Å². The molecule has 12 nitrogen and oxygen atoms in total. The predicted octanol–water partition coefficient (Wildman–Crippen LogP) is 5.99. The van der Waals surface area contributed by atoms with Gasteiger partial charge in [0.05, 0.1) is 34.9 Å². The fourth-order valence-electron chi connectivity index (χ4n) is 7.41. The molecule has 7 rings (SSSR count). The zero-order valence-corrected chi connectivity index (χ0v) is 33.0. The second-order valence-corrected chi connectivity index (χ2v) is 18.9. The molecule has 0 spiro atoms. The van der Waals surface area contributed by atoms with Crippen LogP contribution >= 0.6 is 22.9 Å². The van der Waals surface area contributed by atoms with Gasteiger partial charge in [0.25, 0.3) is 5.91 Å². The van der Waals surface area contributed by atoms with Crippen molar-refractivity contribution in [3.8, 4) is 22.2 Å². The molecule has 284 valence electrons. The molecule has 3 aromatic rings. The van der Waals surface area contributed by atoms with Crippen LogP contribution in [0.5, 0.6) is 11.5 Å². The Morgan fingerprint density at radius 2 is 1.89 bits per heavy atom. The summed E-state index contributed by atoms with van der Waals surface area (Å²) in [5.41, 5.74) is 0.556. The Kier molecular flexibility index (Phi) is 10.0. The molecule has 1 aliphatic heterocycles. The van der Waals surface area contributed by atoms with Crippen LogP contribution in [0.1, 0.15) is 83.7 Å². The summed E-state index contributed by atoms with van der Waals surface area (Å²) >= 11 is 8.27. The number of sulfonamides is 1. The maximum Gasteiger partial charge on any atom is 0.259 e. The lowest BCUT2D eigenvalue weighted by molar-refractivity contribution is -0.140. The highest BCUT2D eigenvalue weighted by Crippen LogP contribution is 2.49. The number of halogens is 1. The number of pyridine rings is 1. The van der Waals surface area contributed by atoms with Crippen LogP contribution in [0.2, 0.25) is 5.02 Å². The van der Waals surface area contributed by atoms with E-state index in [4.69, 9.17) is 31.0 Å². The molecular formula is C38H46ClN5O7S2. The van der Waals surface area contributed by atoms with E-state index in [1.165, 1.54) is 18.4 Å². The summed E-state index contributed by atoms with van der Waals surface area (Å²) in [7, 11) is -0.652. The van der Waals surface area contributed by atoms with Crippen LogP contribution < -0.4 is 19.5 Å². The van der Waals surface area contributed by atoms with Crippen LogP contribution in [0, 0.1) is 17.8 Å². The van der Waals surface area contributed by atoms with Gasteiger partial charge in [0.1, 0.15) is 38.9 Å². The molecule has 4 aliphatic rings. The maximum atomic E-state index is 14.3. The fraction of sp³-hybridized carbons (Fsp3) is 0.553. The fourth-order valence-corrected chi connectivity index (χ4v) is 9.95. The van der Waals surface area contributed by atoms with E-state index in [1.54, 1.807) is 24.9 Å². The number of rotatable bonds is 8. The van der Waals surface area contributed by atoms with E-state index in [0.29, 0.717) is 57.5 Å². The number of hydrogen-bond donors (Lipinski definition) is 2. The van der Waals surface area contributed by atoms with E-state index in [1.807, 2.05) is 29.7 Å². The lowest BCUT2D eigenvalue weighted by Gasteiger charge is -2.27. The highest BCUT2D eigenvalue weighted by Gasteiger charge is 2.63. The third-order valence-corrected chi connectivity index (χ3v) is 14.7. The van der Waals surface area contributed by atoms with Crippen LogP contribution in [0.3, 0.4) is 0 Å². The molecule has 5 atom stereocenters. The molecule has 53 heavy (non-hydrogen) atoms. The van der Waals surface area contributed by atoms with Crippen molar-refractivity contribution in [1.29, 1.82) is 0 Å². The molecule has 1 aromatic carbocycles. The number of aromatic nitrogens is 2. The standard InChI is InChI=1S/C38H46ClN5O7S2/c1-21(2)28-20-52-34(41-28)27-18-30(24-11-12-29(50-5)31(39)32(24)40-27)51-23-16-25-26(17-23)35(46)44(4)15-9-7-6-8-10-22-19-38(22,42-33(25)45)36(47)43-53(48,49)37(3)13-14-37/h8,10-12,18,20-23,25-26H,6-7,9,13-17,19H2,1-5H3,(H,42,45)(H,43,47)/t22-,23-,25-,26-,38-/m1/s1. The van der Waals surface area contributed by atoms with Gasteiger partial charge in [-0.3, -0.25) is 19.1 Å². The Hall–Kier alpha value is -3.75. The number of amides is 3. The average molecular weight is 784 g/mol. The van der Waals surface area contributed by atoms with Crippen LogP contribution in [0.4, 0.5) is 0 Å². The molecule has 2 aromatic heterocycles. The minimum atomic E-state index is -3.94. The number of allylic oxidation sites excluding steroid dienone is 1. The number of hydrogen-bond acceptors (Lipinski definition) is 10. The number of nitrogens with one attached hydrogen (secondary N) is 2. The minimum absolute atomic E-state index is 0.170. The SMILES string of the molecule is COc1ccc2c(O[C@@H]3C[C@H]4C(=O)N[C@]5(C(=O)NS(=O)(=O)C6(C)CC6)C[C@H]5C=CCCCCN(C)C(=O)[C@@H]4C3)cc(-c3nc(C(C)C)cs3)nc2c1Cl. The number of nitrogens with zero attached hydrogens (tertiary/aromatic N) is 3. The quantitative estimate of drug-likeness (QED) is 0.262. The third-order valence-electron chi connectivity index (χ3n) is 11.3. The zero-order valence-electron chi connectivity index (χ0n) is 30.6. The average Bonchev–Trinajstić information content (AvgIpc) is 3.89. The Morgan fingerprint density at radius 1 is 1.13 bits per heavy atom. The van der Waals surface area contributed by atoms with Gasteiger partial charge in [-0.2, -0.15) is 0 Å². The predicted molar refractivity (Wildman–Crippen MR) is 203 cm³/mol. The van der Waals surface area contributed by atoms with Crippen LogP contribution in [0.15, 0.2) is 35.7 Å². The number of ether oxygens (including phenoxy) is 2. The van der Waals surface area contributed by atoms with Gasteiger partial charge in [-0.25, -0.2) is 18.4 Å².